The van der Waals surface area contributed by atoms with Gasteiger partial charge in [0.1, 0.15) is 6.10 Å². The average Bonchev–Trinajstić information content (AvgIpc) is 2.46. The number of nitrogens with zero attached hydrogens (tertiary/aromatic N) is 2. The van der Waals surface area contributed by atoms with E-state index in [-0.39, 0.29) is 12.0 Å². The predicted molar refractivity (Wildman–Crippen MR) is 73.9 cm³/mol. The molecule has 1 aromatic rings. The zero-order valence-corrected chi connectivity index (χ0v) is 11.8. The van der Waals surface area contributed by atoms with E-state index in [1.54, 1.807) is 12.1 Å². The van der Waals surface area contributed by atoms with Crippen molar-refractivity contribution in [2.75, 3.05) is 13.1 Å². The minimum Gasteiger partial charge on any atom is -0.474 e. The van der Waals surface area contributed by atoms with Gasteiger partial charge in [0.15, 0.2) is 0 Å². The fourth-order valence-corrected chi connectivity index (χ4v) is 2.18. The molecule has 1 aliphatic heterocycles. The number of aromatic nitrogens is 1. The Labute approximate surface area is 118 Å². The maximum Gasteiger partial charge on any atom is 0.249 e. The van der Waals surface area contributed by atoms with E-state index in [2.05, 4.69) is 4.98 Å². The van der Waals surface area contributed by atoms with Crippen LogP contribution in [-0.2, 0) is 4.79 Å². The Morgan fingerprint density at radius 3 is 2.75 bits per heavy atom. The van der Waals surface area contributed by atoms with Crippen LogP contribution in [0.5, 0.6) is 5.88 Å². The van der Waals surface area contributed by atoms with Crippen molar-refractivity contribution < 1.29 is 13.9 Å². The highest BCUT2D eigenvalue weighted by Gasteiger charge is 2.24. The first kappa shape index (κ1) is 14.5. The molecule has 4 nitrogen and oxygen atoms in total. The van der Waals surface area contributed by atoms with Crippen molar-refractivity contribution in [2.45, 2.75) is 32.8 Å². The minimum atomic E-state index is -0.543. The summed E-state index contributed by atoms with van der Waals surface area (Å²) in [6, 6.07) is 4.50. The molecule has 1 fully saturated rings. The lowest BCUT2D eigenvalue weighted by molar-refractivity contribution is -0.128. The molecule has 1 amide bonds. The molecule has 0 N–H and O–H groups in total. The monoisotopic (exact) mass is 278 g/mol. The van der Waals surface area contributed by atoms with Crippen LogP contribution in [0, 0.1) is 5.95 Å². The molecule has 0 bridgehead atoms. The Kier molecular flexibility index (Phi) is 4.71. The molecule has 0 aliphatic carbocycles. The summed E-state index contributed by atoms with van der Waals surface area (Å²) < 4.78 is 18.6. The fourth-order valence-electron chi connectivity index (χ4n) is 2.18. The van der Waals surface area contributed by atoms with E-state index in [0.29, 0.717) is 19.0 Å². The van der Waals surface area contributed by atoms with Gasteiger partial charge in [0.05, 0.1) is 0 Å². The van der Waals surface area contributed by atoms with Crippen LogP contribution >= 0.6 is 0 Å². The maximum atomic E-state index is 13.0. The molecular formula is C15H19FN2O2. The van der Waals surface area contributed by atoms with Crippen molar-refractivity contribution in [3.05, 3.63) is 35.8 Å². The van der Waals surface area contributed by atoms with Crippen molar-refractivity contribution in [1.82, 2.24) is 9.88 Å². The number of amides is 1. The van der Waals surface area contributed by atoms with Gasteiger partial charge in [0.25, 0.3) is 0 Å². The van der Waals surface area contributed by atoms with E-state index in [0.717, 1.165) is 18.4 Å². The number of halogens is 1. The normalized spacial score (nSPS) is 17.1. The lowest BCUT2D eigenvalue weighted by Gasteiger charge is -2.32. The van der Waals surface area contributed by atoms with Gasteiger partial charge >= 0.3 is 0 Å². The quantitative estimate of drug-likeness (QED) is 0.630. The summed E-state index contributed by atoms with van der Waals surface area (Å²) in [5, 5.41) is 0. The number of ether oxygens (including phenoxy) is 1. The molecule has 0 aromatic carbocycles. The van der Waals surface area contributed by atoms with Crippen LogP contribution in [0.3, 0.4) is 0 Å². The van der Waals surface area contributed by atoms with Crippen molar-refractivity contribution in [1.29, 1.82) is 0 Å². The predicted octanol–water partition coefficient (Wildman–Crippen LogP) is 2.56. The number of hydrogen-bond acceptors (Lipinski definition) is 3. The first-order chi connectivity index (χ1) is 9.60. The van der Waals surface area contributed by atoms with Crippen LogP contribution in [0.15, 0.2) is 29.8 Å². The van der Waals surface area contributed by atoms with Gasteiger partial charge in [-0.05, 0) is 19.9 Å². The van der Waals surface area contributed by atoms with Crippen LogP contribution in [0.4, 0.5) is 4.39 Å². The summed E-state index contributed by atoms with van der Waals surface area (Å²) in [5.74, 6) is -0.159. The van der Waals surface area contributed by atoms with Crippen molar-refractivity contribution in [2.24, 2.45) is 0 Å². The molecule has 2 heterocycles. The molecule has 0 unspecified atom stereocenters. The second-order valence-corrected chi connectivity index (χ2v) is 4.88. The van der Waals surface area contributed by atoms with Gasteiger partial charge in [-0.3, -0.25) is 4.79 Å². The lowest BCUT2D eigenvalue weighted by atomic mass is 10.1. The average molecular weight is 278 g/mol. The number of piperidine rings is 1. The molecule has 0 radical (unpaired) electrons. The van der Waals surface area contributed by atoms with Gasteiger partial charge in [-0.25, -0.2) is 0 Å². The molecule has 0 atom stereocenters. The molecular weight excluding hydrogens is 259 g/mol. The van der Waals surface area contributed by atoms with E-state index < -0.39 is 5.95 Å². The van der Waals surface area contributed by atoms with Crippen molar-refractivity contribution >= 4 is 5.91 Å². The second-order valence-electron chi connectivity index (χ2n) is 4.88. The number of hydrogen-bond donors (Lipinski definition) is 0. The summed E-state index contributed by atoms with van der Waals surface area (Å²) >= 11 is 0. The molecule has 5 heteroatoms. The molecule has 2 rings (SSSR count). The van der Waals surface area contributed by atoms with Crippen molar-refractivity contribution in [3.63, 3.8) is 0 Å². The van der Waals surface area contributed by atoms with Crippen LogP contribution in [0.25, 0.3) is 0 Å². The first-order valence-electron chi connectivity index (χ1n) is 6.81. The summed E-state index contributed by atoms with van der Waals surface area (Å²) in [4.78, 5) is 17.5. The Morgan fingerprint density at radius 2 is 2.15 bits per heavy atom. The van der Waals surface area contributed by atoms with Gasteiger partial charge in [0.2, 0.25) is 17.7 Å². The standard InChI is InChI=1S/C15H19FN2O2/c1-3-11(2)15(19)18-9-7-12(8-10-18)20-14-6-4-5-13(16)17-14/h3-6,12H,7-10H2,1-2H3/b11-3+. The van der Waals surface area contributed by atoms with Crippen LogP contribution in [-0.4, -0.2) is 35.0 Å². The minimum absolute atomic E-state index is 0.0146. The largest absolute Gasteiger partial charge is 0.474 e. The van der Waals surface area contributed by atoms with E-state index in [1.807, 2.05) is 24.8 Å². The number of carbonyl (C=O) groups is 1. The Bertz CT molecular complexity index is 508. The molecule has 108 valence electrons. The maximum absolute atomic E-state index is 13.0. The van der Waals surface area contributed by atoms with Gasteiger partial charge in [-0.1, -0.05) is 12.1 Å². The number of carbonyl (C=O) groups excluding carboxylic acids is 1. The van der Waals surface area contributed by atoms with E-state index in [9.17, 15) is 9.18 Å². The SMILES string of the molecule is C/C=C(\C)C(=O)N1CCC(Oc2cccc(F)n2)CC1. The molecule has 20 heavy (non-hydrogen) atoms. The first-order valence-corrected chi connectivity index (χ1v) is 6.81. The second kappa shape index (κ2) is 6.50. The Balaban J connectivity index is 1.87. The third-order valence-corrected chi connectivity index (χ3v) is 3.48. The number of pyridine rings is 1. The number of allylic oxidation sites excluding steroid dienone is 1. The fraction of sp³-hybridized carbons (Fsp3) is 0.467. The Morgan fingerprint density at radius 1 is 1.45 bits per heavy atom. The zero-order chi connectivity index (χ0) is 14.5. The molecule has 0 spiro atoms. The Hall–Kier alpha value is -1.91. The lowest BCUT2D eigenvalue weighted by Crippen LogP contribution is -2.42. The highest BCUT2D eigenvalue weighted by molar-refractivity contribution is 5.92. The third-order valence-electron chi connectivity index (χ3n) is 3.48. The summed E-state index contributed by atoms with van der Waals surface area (Å²) in [7, 11) is 0. The highest BCUT2D eigenvalue weighted by atomic mass is 19.1. The van der Waals surface area contributed by atoms with Gasteiger partial charge in [-0.15, -0.1) is 0 Å². The number of likely N-dealkylation sites (tertiary alicyclic amines) is 1. The third kappa shape index (κ3) is 3.56. The smallest absolute Gasteiger partial charge is 0.249 e. The topological polar surface area (TPSA) is 42.4 Å². The number of rotatable bonds is 3. The van der Waals surface area contributed by atoms with Gasteiger partial charge in [-0.2, -0.15) is 9.37 Å². The zero-order valence-electron chi connectivity index (χ0n) is 11.8. The van der Waals surface area contributed by atoms with Crippen LogP contribution in [0.2, 0.25) is 0 Å². The highest BCUT2D eigenvalue weighted by Crippen LogP contribution is 2.18. The van der Waals surface area contributed by atoms with Crippen LogP contribution in [0.1, 0.15) is 26.7 Å². The summed E-state index contributed by atoms with van der Waals surface area (Å²) in [5.41, 5.74) is 0.760. The molecule has 1 aromatic heterocycles. The summed E-state index contributed by atoms with van der Waals surface area (Å²) in [6.45, 7) is 4.99. The van der Waals surface area contributed by atoms with Crippen molar-refractivity contribution in [3.8, 4) is 5.88 Å². The van der Waals surface area contributed by atoms with Gasteiger partial charge in [0, 0.05) is 37.6 Å². The van der Waals surface area contributed by atoms with E-state index >= 15 is 0 Å². The van der Waals surface area contributed by atoms with Crippen LogP contribution < -0.4 is 4.74 Å². The molecule has 0 saturated carbocycles. The van der Waals surface area contributed by atoms with Gasteiger partial charge < -0.3 is 9.64 Å². The molecule has 1 saturated heterocycles. The summed E-state index contributed by atoms with van der Waals surface area (Å²) in [6.07, 6.45) is 3.28. The van der Waals surface area contributed by atoms with E-state index in [4.69, 9.17) is 4.74 Å². The molecule has 1 aliphatic rings. The van der Waals surface area contributed by atoms with E-state index in [1.165, 1.54) is 6.07 Å².